The van der Waals surface area contributed by atoms with Crippen LogP contribution in [0.2, 0.25) is 5.02 Å². The van der Waals surface area contributed by atoms with Crippen LogP contribution in [0.3, 0.4) is 0 Å². The zero-order valence-corrected chi connectivity index (χ0v) is 19.6. The van der Waals surface area contributed by atoms with Crippen molar-refractivity contribution in [2.45, 2.75) is 38.1 Å². The van der Waals surface area contributed by atoms with Gasteiger partial charge in [0.2, 0.25) is 5.91 Å². The number of rotatable bonds is 11. The predicted molar refractivity (Wildman–Crippen MR) is 126 cm³/mol. The van der Waals surface area contributed by atoms with E-state index < -0.39 is 11.2 Å². The molecule has 170 valence electrons. The number of nitrogens with one attached hydrogen (secondary N) is 1. The third-order valence-corrected chi connectivity index (χ3v) is 5.73. The summed E-state index contributed by atoms with van der Waals surface area (Å²) in [5.41, 5.74) is 4.97. The standard InChI is InChI=1S/C21H29ClN4O4S/c1-14(2)13-26-19(23)18(20(28)24-21(26)29)25(10-4-11-30-3)17(27)9-12-31-16-7-5-15(22)6-8-16/h5-8,14H,4,9-13,23H2,1-3H3,(H,24,28,29). The summed E-state index contributed by atoms with van der Waals surface area (Å²) in [4.78, 5) is 42.6. The molecule has 0 saturated carbocycles. The summed E-state index contributed by atoms with van der Waals surface area (Å²) in [6.45, 7) is 4.89. The summed E-state index contributed by atoms with van der Waals surface area (Å²) in [7, 11) is 1.57. The Morgan fingerprint density at radius 2 is 1.97 bits per heavy atom. The Labute approximate surface area is 190 Å². The quantitative estimate of drug-likeness (QED) is 0.387. The molecular formula is C21H29ClN4O4S. The minimum absolute atomic E-state index is 0.00132. The van der Waals surface area contributed by atoms with E-state index in [1.807, 2.05) is 26.0 Å². The van der Waals surface area contributed by atoms with E-state index in [2.05, 4.69) is 4.98 Å². The van der Waals surface area contributed by atoms with Gasteiger partial charge in [-0.1, -0.05) is 25.4 Å². The highest BCUT2D eigenvalue weighted by molar-refractivity contribution is 7.99. The van der Waals surface area contributed by atoms with Gasteiger partial charge in [0.15, 0.2) is 5.69 Å². The molecule has 0 radical (unpaired) electrons. The number of nitrogen functional groups attached to an aromatic ring is 1. The number of hydrogen-bond acceptors (Lipinski definition) is 6. The van der Waals surface area contributed by atoms with Crippen molar-refractivity contribution >= 4 is 40.8 Å². The molecule has 1 aromatic heterocycles. The maximum absolute atomic E-state index is 13.1. The van der Waals surface area contributed by atoms with Gasteiger partial charge in [-0.2, -0.15) is 0 Å². The first-order chi connectivity index (χ1) is 14.7. The minimum Gasteiger partial charge on any atom is -0.385 e. The van der Waals surface area contributed by atoms with Crippen LogP contribution in [0.25, 0.3) is 0 Å². The molecule has 0 aliphatic carbocycles. The molecule has 1 amide bonds. The number of carbonyl (C=O) groups is 1. The second-order valence-electron chi connectivity index (χ2n) is 7.44. The first kappa shape index (κ1) is 25.0. The summed E-state index contributed by atoms with van der Waals surface area (Å²) < 4.78 is 6.39. The molecule has 31 heavy (non-hydrogen) atoms. The van der Waals surface area contributed by atoms with E-state index in [1.165, 1.54) is 21.2 Å². The lowest BCUT2D eigenvalue weighted by Crippen LogP contribution is -2.42. The molecular weight excluding hydrogens is 440 g/mol. The molecule has 0 fully saturated rings. The molecule has 0 bridgehead atoms. The zero-order valence-electron chi connectivity index (χ0n) is 18.0. The molecule has 1 heterocycles. The van der Waals surface area contributed by atoms with Crippen LogP contribution >= 0.6 is 23.4 Å². The van der Waals surface area contributed by atoms with Crippen molar-refractivity contribution in [2.24, 2.45) is 5.92 Å². The molecule has 2 aromatic rings. The van der Waals surface area contributed by atoms with Crippen LogP contribution in [0.1, 0.15) is 26.7 Å². The number of anilines is 2. The fraction of sp³-hybridized carbons (Fsp3) is 0.476. The van der Waals surface area contributed by atoms with Crippen molar-refractivity contribution in [1.82, 2.24) is 9.55 Å². The maximum Gasteiger partial charge on any atom is 0.330 e. The highest BCUT2D eigenvalue weighted by atomic mass is 35.5. The Kier molecular flexibility index (Phi) is 9.67. The molecule has 0 saturated heterocycles. The van der Waals surface area contributed by atoms with E-state index >= 15 is 0 Å². The van der Waals surface area contributed by atoms with E-state index in [9.17, 15) is 14.4 Å². The number of benzene rings is 1. The van der Waals surface area contributed by atoms with Crippen LogP contribution in [0.4, 0.5) is 11.5 Å². The highest BCUT2D eigenvalue weighted by Gasteiger charge is 2.24. The average molecular weight is 469 g/mol. The van der Waals surface area contributed by atoms with Gasteiger partial charge in [-0.25, -0.2) is 4.79 Å². The van der Waals surface area contributed by atoms with Crippen LogP contribution < -0.4 is 21.9 Å². The molecule has 8 nitrogen and oxygen atoms in total. The van der Waals surface area contributed by atoms with Gasteiger partial charge in [-0.3, -0.25) is 19.1 Å². The van der Waals surface area contributed by atoms with Crippen molar-refractivity contribution in [2.75, 3.05) is 36.6 Å². The van der Waals surface area contributed by atoms with Crippen molar-refractivity contribution in [3.05, 3.63) is 50.1 Å². The topological polar surface area (TPSA) is 110 Å². The SMILES string of the molecule is COCCCN(C(=O)CCSc1ccc(Cl)cc1)c1c(N)n(CC(C)C)c(=O)[nH]c1=O. The van der Waals surface area contributed by atoms with Crippen molar-refractivity contribution in [3.8, 4) is 0 Å². The minimum atomic E-state index is -0.668. The molecule has 10 heteroatoms. The van der Waals surface area contributed by atoms with Crippen LogP contribution in [-0.4, -0.2) is 41.5 Å². The van der Waals surface area contributed by atoms with Crippen LogP contribution in [0, 0.1) is 5.92 Å². The number of nitrogens with two attached hydrogens (primary N) is 1. The molecule has 2 rings (SSSR count). The zero-order chi connectivity index (χ0) is 23.0. The van der Waals surface area contributed by atoms with Gasteiger partial charge in [-0.05, 0) is 36.6 Å². The monoisotopic (exact) mass is 468 g/mol. The fourth-order valence-corrected chi connectivity index (χ4v) is 4.00. The lowest BCUT2D eigenvalue weighted by molar-refractivity contribution is -0.118. The molecule has 0 aliphatic rings. The number of methoxy groups -OCH3 is 1. The number of thioether (sulfide) groups is 1. The fourth-order valence-electron chi connectivity index (χ4n) is 3.03. The Morgan fingerprint density at radius 3 is 2.58 bits per heavy atom. The largest absolute Gasteiger partial charge is 0.385 e. The number of H-pyrrole nitrogens is 1. The predicted octanol–water partition coefficient (Wildman–Crippen LogP) is 2.98. The number of ether oxygens (including phenoxy) is 1. The van der Waals surface area contributed by atoms with E-state index in [1.54, 1.807) is 19.2 Å². The number of aromatic nitrogens is 2. The molecule has 0 spiro atoms. The molecule has 0 atom stereocenters. The smallest absolute Gasteiger partial charge is 0.330 e. The second-order valence-corrected chi connectivity index (χ2v) is 9.05. The molecule has 1 aromatic carbocycles. The van der Waals surface area contributed by atoms with Gasteiger partial charge in [0.1, 0.15) is 5.82 Å². The Morgan fingerprint density at radius 1 is 1.29 bits per heavy atom. The van der Waals surface area contributed by atoms with Crippen LogP contribution in [0.5, 0.6) is 0 Å². The number of carbonyl (C=O) groups excluding carboxylic acids is 1. The first-order valence-electron chi connectivity index (χ1n) is 10.0. The van der Waals surface area contributed by atoms with Crippen molar-refractivity contribution in [3.63, 3.8) is 0 Å². The Hall–Kier alpha value is -2.23. The summed E-state index contributed by atoms with van der Waals surface area (Å²) in [5, 5.41) is 0.649. The van der Waals surface area contributed by atoms with E-state index in [0.717, 1.165) is 4.90 Å². The summed E-state index contributed by atoms with van der Waals surface area (Å²) >= 11 is 7.42. The van der Waals surface area contributed by atoms with Gasteiger partial charge in [0, 0.05) is 48.9 Å². The number of hydrogen-bond donors (Lipinski definition) is 2. The number of amides is 1. The van der Waals surface area contributed by atoms with Gasteiger partial charge in [0.05, 0.1) is 0 Å². The molecule has 3 N–H and O–H groups in total. The van der Waals surface area contributed by atoms with Gasteiger partial charge in [-0.15, -0.1) is 11.8 Å². The van der Waals surface area contributed by atoms with Crippen molar-refractivity contribution in [1.29, 1.82) is 0 Å². The lowest BCUT2D eigenvalue weighted by Gasteiger charge is -2.25. The summed E-state index contributed by atoms with van der Waals surface area (Å²) in [6, 6.07) is 7.36. The Bertz CT molecular complexity index is 988. The number of nitrogens with zero attached hydrogens (tertiary/aromatic N) is 2. The highest BCUT2D eigenvalue weighted by Crippen LogP contribution is 2.23. The van der Waals surface area contributed by atoms with E-state index in [-0.39, 0.29) is 36.3 Å². The second kappa shape index (κ2) is 12.0. The number of aromatic amines is 1. The van der Waals surface area contributed by atoms with E-state index in [4.69, 9.17) is 22.1 Å². The Balaban J connectivity index is 2.26. The number of halogens is 1. The third-order valence-electron chi connectivity index (χ3n) is 4.46. The van der Waals surface area contributed by atoms with Crippen molar-refractivity contribution < 1.29 is 9.53 Å². The lowest BCUT2D eigenvalue weighted by atomic mass is 10.2. The molecule has 0 aliphatic heterocycles. The molecule has 0 unspecified atom stereocenters. The average Bonchev–Trinajstić information content (AvgIpc) is 2.71. The summed E-state index contributed by atoms with van der Waals surface area (Å²) in [5.74, 6) is 0.403. The van der Waals surface area contributed by atoms with Gasteiger partial charge in [0.25, 0.3) is 5.56 Å². The van der Waals surface area contributed by atoms with Gasteiger partial charge < -0.3 is 15.4 Å². The van der Waals surface area contributed by atoms with Gasteiger partial charge >= 0.3 is 5.69 Å². The van der Waals surface area contributed by atoms with Crippen LogP contribution in [-0.2, 0) is 16.1 Å². The first-order valence-corrected chi connectivity index (χ1v) is 11.4. The third kappa shape index (κ3) is 7.15. The summed E-state index contributed by atoms with van der Waals surface area (Å²) in [6.07, 6.45) is 0.719. The maximum atomic E-state index is 13.1. The normalized spacial score (nSPS) is 11.1. The van der Waals surface area contributed by atoms with E-state index in [0.29, 0.717) is 30.3 Å². The van der Waals surface area contributed by atoms with Crippen LogP contribution in [0.15, 0.2) is 38.8 Å².